The van der Waals surface area contributed by atoms with Gasteiger partial charge in [-0.05, 0) is 50.9 Å². The molecule has 3 heterocycles. The van der Waals surface area contributed by atoms with Crippen LogP contribution in [0.5, 0.6) is 0 Å². The summed E-state index contributed by atoms with van der Waals surface area (Å²) in [6, 6.07) is 9.36. The normalized spacial score (nSPS) is 22.9. The summed E-state index contributed by atoms with van der Waals surface area (Å²) in [5.74, 6) is -0.357. The van der Waals surface area contributed by atoms with E-state index in [4.69, 9.17) is 0 Å². The summed E-state index contributed by atoms with van der Waals surface area (Å²) in [5, 5.41) is 10.6. The van der Waals surface area contributed by atoms with Crippen molar-refractivity contribution in [2.45, 2.75) is 38.3 Å². The largest absolute Gasteiger partial charge is 0.339 e. The Labute approximate surface area is 158 Å². The van der Waals surface area contributed by atoms with Crippen molar-refractivity contribution in [2.24, 2.45) is 0 Å². The lowest BCUT2D eigenvalue weighted by molar-refractivity contribution is -0.118. The van der Waals surface area contributed by atoms with Gasteiger partial charge >= 0.3 is 0 Å². The molecule has 7 heteroatoms. The molecule has 1 aromatic heterocycles. The fourth-order valence-electron chi connectivity index (χ4n) is 3.75. The van der Waals surface area contributed by atoms with Crippen LogP contribution in [0.25, 0.3) is 0 Å². The Kier molecular flexibility index (Phi) is 4.94. The van der Waals surface area contributed by atoms with Crippen LogP contribution in [0.1, 0.15) is 41.4 Å². The van der Waals surface area contributed by atoms with Crippen molar-refractivity contribution in [3.63, 3.8) is 0 Å². The molecule has 2 unspecified atom stereocenters. The molecule has 2 amide bonds. The average molecular weight is 367 g/mol. The van der Waals surface area contributed by atoms with Crippen molar-refractivity contribution in [1.82, 2.24) is 20.4 Å². The molecule has 2 aromatic rings. The lowest BCUT2D eigenvalue weighted by Crippen LogP contribution is -2.41. The van der Waals surface area contributed by atoms with Crippen LogP contribution in [0.2, 0.25) is 0 Å². The molecule has 2 aliphatic heterocycles. The number of rotatable bonds is 4. The maximum Gasteiger partial charge on any atom is 0.272 e. The molecular weight excluding hydrogens is 342 g/mol. The van der Waals surface area contributed by atoms with E-state index in [1.807, 2.05) is 42.1 Å². The van der Waals surface area contributed by atoms with Gasteiger partial charge in [0.25, 0.3) is 5.91 Å². The maximum atomic E-state index is 12.7. The van der Waals surface area contributed by atoms with Crippen molar-refractivity contribution in [1.29, 1.82) is 0 Å². The van der Waals surface area contributed by atoms with Gasteiger partial charge in [-0.15, -0.1) is 0 Å². The van der Waals surface area contributed by atoms with E-state index in [0.717, 1.165) is 37.2 Å². The fourth-order valence-corrected chi connectivity index (χ4v) is 3.75. The standard InChI is InChI=1S/C20H25N5O2/c1-14-4-6-15(7-5-14)24-11-8-18(20(24)27)22-19(26)17-9-12-25(23-17)16-3-2-10-21-13-16/h4-7,9,12,16,18,21H,2-3,8,10-11,13H2,1H3,(H,22,26). The molecule has 0 spiro atoms. The van der Waals surface area contributed by atoms with E-state index >= 15 is 0 Å². The summed E-state index contributed by atoms with van der Waals surface area (Å²) in [6.45, 7) is 4.53. The number of nitrogens with one attached hydrogen (secondary N) is 2. The third-order valence-electron chi connectivity index (χ3n) is 5.34. The number of nitrogens with zero attached hydrogens (tertiary/aromatic N) is 3. The van der Waals surface area contributed by atoms with E-state index in [9.17, 15) is 9.59 Å². The van der Waals surface area contributed by atoms with E-state index in [-0.39, 0.29) is 17.9 Å². The molecule has 0 radical (unpaired) electrons. The maximum absolute atomic E-state index is 12.7. The summed E-state index contributed by atoms with van der Waals surface area (Å²) in [6.07, 6.45) is 4.62. The van der Waals surface area contributed by atoms with Gasteiger partial charge in [0.2, 0.25) is 5.91 Å². The predicted molar refractivity (Wildman–Crippen MR) is 103 cm³/mol. The van der Waals surface area contributed by atoms with Crippen molar-refractivity contribution in [2.75, 3.05) is 24.5 Å². The number of benzene rings is 1. The molecule has 2 N–H and O–H groups in total. The number of amides is 2. The van der Waals surface area contributed by atoms with Gasteiger partial charge in [0.15, 0.2) is 0 Å². The Morgan fingerprint density at radius 3 is 2.78 bits per heavy atom. The molecule has 142 valence electrons. The second-order valence-electron chi connectivity index (χ2n) is 7.32. The molecule has 27 heavy (non-hydrogen) atoms. The molecule has 1 aromatic carbocycles. The number of carbonyl (C=O) groups is 2. The number of anilines is 1. The molecule has 0 bridgehead atoms. The molecule has 7 nitrogen and oxygen atoms in total. The molecule has 2 aliphatic rings. The van der Waals surface area contributed by atoms with Gasteiger partial charge in [0.05, 0.1) is 6.04 Å². The lowest BCUT2D eigenvalue weighted by Gasteiger charge is -2.22. The second-order valence-corrected chi connectivity index (χ2v) is 7.32. The van der Waals surface area contributed by atoms with Gasteiger partial charge in [-0.3, -0.25) is 14.3 Å². The van der Waals surface area contributed by atoms with Crippen LogP contribution in [0.4, 0.5) is 5.69 Å². The first kappa shape index (κ1) is 17.7. The van der Waals surface area contributed by atoms with Gasteiger partial charge in [0, 0.05) is 25.0 Å². The topological polar surface area (TPSA) is 79.3 Å². The number of carbonyl (C=O) groups excluding carboxylic acids is 2. The summed E-state index contributed by atoms with van der Waals surface area (Å²) in [5.41, 5.74) is 2.39. The third-order valence-corrected chi connectivity index (χ3v) is 5.34. The first-order valence-electron chi connectivity index (χ1n) is 9.56. The van der Waals surface area contributed by atoms with Crippen LogP contribution in [0.3, 0.4) is 0 Å². The van der Waals surface area contributed by atoms with Crippen LogP contribution in [-0.4, -0.2) is 47.3 Å². The zero-order valence-electron chi connectivity index (χ0n) is 15.5. The Balaban J connectivity index is 1.39. The first-order valence-corrected chi connectivity index (χ1v) is 9.56. The van der Waals surface area contributed by atoms with E-state index in [0.29, 0.717) is 18.7 Å². The first-order chi connectivity index (χ1) is 13.1. The summed E-state index contributed by atoms with van der Waals surface area (Å²) in [7, 11) is 0. The third kappa shape index (κ3) is 3.73. The minimum absolute atomic E-state index is 0.0666. The summed E-state index contributed by atoms with van der Waals surface area (Å²) < 4.78 is 1.86. The van der Waals surface area contributed by atoms with Crippen molar-refractivity contribution < 1.29 is 9.59 Å². The van der Waals surface area contributed by atoms with Gasteiger partial charge in [0.1, 0.15) is 11.7 Å². The highest BCUT2D eigenvalue weighted by Gasteiger charge is 2.34. The molecule has 2 fully saturated rings. The van der Waals surface area contributed by atoms with Gasteiger partial charge < -0.3 is 15.5 Å². The van der Waals surface area contributed by atoms with Crippen LogP contribution in [0.15, 0.2) is 36.5 Å². The van der Waals surface area contributed by atoms with Crippen molar-refractivity contribution in [3.05, 3.63) is 47.8 Å². The Morgan fingerprint density at radius 1 is 1.22 bits per heavy atom. The Bertz CT molecular complexity index is 823. The molecule has 0 aliphatic carbocycles. The monoisotopic (exact) mass is 367 g/mol. The average Bonchev–Trinajstić information content (AvgIpc) is 3.31. The van der Waals surface area contributed by atoms with E-state index in [1.54, 1.807) is 11.0 Å². The van der Waals surface area contributed by atoms with Gasteiger partial charge in [-0.25, -0.2) is 0 Å². The number of piperidine rings is 1. The lowest BCUT2D eigenvalue weighted by atomic mass is 10.1. The molecule has 2 saturated heterocycles. The highest BCUT2D eigenvalue weighted by Crippen LogP contribution is 2.22. The molecular formula is C20H25N5O2. The van der Waals surface area contributed by atoms with Crippen molar-refractivity contribution >= 4 is 17.5 Å². The number of aryl methyl sites for hydroxylation is 1. The highest BCUT2D eigenvalue weighted by atomic mass is 16.2. The van der Waals surface area contributed by atoms with Gasteiger partial charge in [-0.1, -0.05) is 17.7 Å². The Hall–Kier alpha value is -2.67. The smallest absolute Gasteiger partial charge is 0.272 e. The van der Waals surface area contributed by atoms with Gasteiger partial charge in [-0.2, -0.15) is 5.10 Å². The number of aromatic nitrogens is 2. The van der Waals surface area contributed by atoms with E-state index < -0.39 is 6.04 Å². The quantitative estimate of drug-likeness (QED) is 0.861. The fraction of sp³-hybridized carbons (Fsp3) is 0.450. The Morgan fingerprint density at radius 2 is 2.04 bits per heavy atom. The summed E-state index contributed by atoms with van der Waals surface area (Å²) >= 11 is 0. The zero-order valence-corrected chi connectivity index (χ0v) is 15.5. The minimum atomic E-state index is -0.500. The summed E-state index contributed by atoms with van der Waals surface area (Å²) in [4.78, 5) is 27.0. The molecule has 2 atom stereocenters. The number of hydrogen-bond acceptors (Lipinski definition) is 4. The van der Waals surface area contributed by atoms with E-state index in [1.165, 1.54) is 0 Å². The highest BCUT2D eigenvalue weighted by molar-refractivity contribution is 6.03. The van der Waals surface area contributed by atoms with Crippen molar-refractivity contribution in [3.8, 4) is 0 Å². The minimum Gasteiger partial charge on any atom is -0.339 e. The predicted octanol–water partition coefficient (Wildman–Crippen LogP) is 1.65. The molecule has 0 saturated carbocycles. The zero-order chi connectivity index (χ0) is 18.8. The van der Waals surface area contributed by atoms with Crippen LogP contribution >= 0.6 is 0 Å². The van der Waals surface area contributed by atoms with Crippen LogP contribution < -0.4 is 15.5 Å². The van der Waals surface area contributed by atoms with Crippen LogP contribution in [0, 0.1) is 6.92 Å². The second kappa shape index (κ2) is 7.52. The van der Waals surface area contributed by atoms with E-state index in [2.05, 4.69) is 15.7 Å². The van der Waals surface area contributed by atoms with Crippen LogP contribution in [-0.2, 0) is 4.79 Å². The SMILES string of the molecule is Cc1ccc(N2CCC(NC(=O)c3ccn(C4CCCNC4)n3)C2=O)cc1. The number of hydrogen-bond donors (Lipinski definition) is 2. The molecule has 4 rings (SSSR count).